The zero-order valence-electron chi connectivity index (χ0n) is 13.4. The first kappa shape index (κ1) is 15.5. The van der Waals surface area contributed by atoms with Gasteiger partial charge in [0.15, 0.2) is 0 Å². The van der Waals surface area contributed by atoms with Gasteiger partial charge in [-0.15, -0.1) is 0 Å². The molecule has 2 aliphatic heterocycles. The molecule has 2 fully saturated rings. The number of hydrogen-bond donors (Lipinski definition) is 1. The molecule has 1 amide bonds. The molecule has 120 valence electrons. The lowest BCUT2D eigenvalue weighted by atomic mass is 9.82. The van der Waals surface area contributed by atoms with Gasteiger partial charge in [0.05, 0.1) is 5.60 Å². The number of hydrogen-bond acceptors (Lipinski definition) is 3. The second kappa shape index (κ2) is 6.80. The average molecular weight is 302 g/mol. The number of ether oxygens (including phenoxy) is 1. The Hall–Kier alpha value is -1.39. The molecule has 0 aromatic heterocycles. The normalized spacial score (nSPS) is 24.4. The molecule has 0 bridgehead atoms. The largest absolute Gasteiger partial charge is 0.375 e. The predicted molar refractivity (Wildman–Crippen MR) is 87.0 cm³/mol. The van der Waals surface area contributed by atoms with E-state index in [1.807, 2.05) is 35.2 Å². The lowest BCUT2D eigenvalue weighted by Crippen LogP contribution is -2.53. The van der Waals surface area contributed by atoms with Crippen molar-refractivity contribution in [3.63, 3.8) is 0 Å². The molecule has 22 heavy (non-hydrogen) atoms. The highest BCUT2D eigenvalue weighted by Gasteiger charge is 2.40. The molecule has 2 saturated heterocycles. The Morgan fingerprint density at radius 2 is 2.05 bits per heavy atom. The fourth-order valence-corrected chi connectivity index (χ4v) is 3.72. The van der Waals surface area contributed by atoms with Crippen LogP contribution in [-0.4, -0.2) is 48.7 Å². The van der Waals surface area contributed by atoms with E-state index in [2.05, 4.69) is 12.2 Å². The third kappa shape index (κ3) is 3.33. The molecule has 1 spiro atoms. The monoisotopic (exact) mass is 302 g/mol. The van der Waals surface area contributed by atoms with Gasteiger partial charge < -0.3 is 15.0 Å². The number of benzene rings is 1. The van der Waals surface area contributed by atoms with Crippen LogP contribution in [0.3, 0.4) is 0 Å². The lowest BCUT2D eigenvalue weighted by Gasteiger charge is -2.46. The highest BCUT2D eigenvalue weighted by atomic mass is 16.5. The summed E-state index contributed by atoms with van der Waals surface area (Å²) >= 11 is 0. The average Bonchev–Trinajstić information content (AvgIpc) is 2.56. The van der Waals surface area contributed by atoms with Crippen molar-refractivity contribution in [1.29, 1.82) is 0 Å². The molecule has 2 aliphatic rings. The molecule has 3 rings (SSSR count). The van der Waals surface area contributed by atoms with Crippen molar-refractivity contribution >= 4 is 5.91 Å². The highest BCUT2D eigenvalue weighted by molar-refractivity contribution is 5.94. The SMILES string of the molecule is CCN[C@H]1CCOC2(CCN(C(=O)c3ccccc3)CC2)C1. The fourth-order valence-electron chi connectivity index (χ4n) is 3.72. The van der Waals surface area contributed by atoms with Crippen molar-refractivity contribution in [2.75, 3.05) is 26.2 Å². The van der Waals surface area contributed by atoms with Crippen LogP contribution < -0.4 is 5.32 Å². The Kier molecular flexibility index (Phi) is 4.79. The molecule has 0 aliphatic carbocycles. The maximum absolute atomic E-state index is 12.5. The van der Waals surface area contributed by atoms with Gasteiger partial charge in [-0.05, 0) is 44.4 Å². The Balaban J connectivity index is 1.59. The van der Waals surface area contributed by atoms with E-state index in [0.29, 0.717) is 6.04 Å². The second-order valence-corrected chi connectivity index (χ2v) is 6.44. The summed E-state index contributed by atoms with van der Waals surface area (Å²) in [6.45, 7) is 5.60. The maximum atomic E-state index is 12.5. The standard InChI is InChI=1S/C18H26N2O2/c1-2-19-16-8-13-22-18(14-16)9-11-20(12-10-18)17(21)15-6-4-3-5-7-15/h3-7,16,19H,2,8-14H2,1H3/t16-/m0/s1. The minimum atomic E-state index is -0.0153. The molecule has 1 N–H and O–H groups in total. The minimum absolute atomic E-state index is 0.0153. The number of amides is 1. The predicted octanol–water partition coefficient (Wildman–Crippen LogP) is 2.45. The zero-order valence-corrected chi connectivity index (χ0v) is 13.4. The van der Waals surface area contributed by atoms with Crippen LogP contribution in [0.5, 0.6) is 0 Å². The van der Waals surface area contributed by atoms with Gasteiger partial charge in [0, 0.05) is 31.3 Å². The summed E-state index contributed by atoms with van der Waals surface area (Å²) < 4.78 is 6.14. The van der Waals surface area contributed by atoms with Gasteiger partial charge in [0.2, 0.25) is 0 Å². The van der Waals surface area contributed by atoms with Crippen molar-refractivity contribution in [3.8, 4) is 0 Å². The number of carbonyl (C=O) groups is 1. The summed E-state index contributed by atoms with van der Waals surface area (Å²) in [5.41, 5.74) is 0.770. The topological polar surface area (TPSA) is 41.6 Å². The van der Waals surface area contributed by atoms with E-state index >= 15 is 0 Å². The van der Waals surface area contributed by atoms with Gasteiger partial charge in [-0.3, -0.25) is 4.79 Å². The van der Waals surface area contributed by atoms with Crippen LogP contribution in [0, 0.1) is 0 Å². The van der Waals surface area contributed by atoms with Gasteiger partial charge in [-0.25, -0.2) is 0 Å². The minimum Gasteiger partial charge on any atom is -0.375 e. The number of carbonyl (C=O) groups excluding carboxylic acids is 1. The van der Waals surface area contributed by atoms with Gasteiger partial charge in [0.25, 0.3) is 5.91 Å². The van der Waals surface area contributed by atoms with Crippen molar-refractivity contribution in [2.24, 2.45) is 0 Å². The van der Waals surface area contributed by atoms with Crippen molar-refractivity contribution in [3.05, 3.63) is 35.9 Å². The van der Waals surface area contributed by atoms with Crippen LogP contribution in [0.15, 0.2) is 30.3 Å². The van der Waals surface area contributed by atoms with Crippen LogP contribution in [0.2, 0.25) is 0 Å². The summed E-state index contributed by atoms with van der Waals surface area (Å²) in [5.74, 6) is 0.148. The summed E-state index contributed by atoms with van der Waals surface area (Å²) in [5, 5.41) is 3.56. The molecule has 0 saturated carbocycles. The van der Waals surface area contributed by atoms with Crippen LogP contribution in [-0.2, 0) is 4.74 Å². The van der Waals surface area contributed by atoms with E-state index in [4.69, 9.17) is 4.74 Å². The number of nitrogens with one attached hydrogen (secondary N) is 1. The quantitative estimate of drug-likeness (QED) is 0.932. The van der Waals surface area contributed by atoms with Crippen LogP contribution in [0.25, 0.3) is 0 Å². The fraction of sp³-hybridized carbons (Fsp3) is 0.611. The van der Waals surface area contributed by atoms with Crippen molar-refractivity contribution in [1.82, 2.24) is 10.2 Å². The first-order valence-electron chi connectivity index (χ1n) is 8.44. The van der Waals surface area contributed by atoms with Crippen LogP contribution >= 0.6 is 0 Å². The second-order valence-electron chi connectivity index (χ2n) is 6.44. The molecular weight excluding hydrogens is 276 g/mol. The van der Waals surface area contributed by atoms with Gasteiger partial charge >= 0.3 is 0 Å². The summed E-state index contributed by atoms with van der Waals surface area (Å²) in [6, 6.07) is 10.1. The van der Waals surface area contributed by atoms with E-state index < -0.39 is 0 Å². The van der Waals surface area contributed by atoms with Crippen molar-refractivity contribution < 1.29 is 9.53 Å². The first-order valence-corrected chi connectivity index (χ1v) is 8.44. The van der Waals surface area contributed by atoms with E-state index in [1.165, 1.54) is 0 Å². The Morgan fingerprint density at radius 3 is 2.73 bits per heavy atom. The number of likely N-dealkylation sites (tertiary alicyclic amines) is 1. The molecule has 2 heterocycles. The molecule has 1 aromatic carbocycles. The van der Waals surface area contributed by atoms with Gasteiger partial charge in [-0.1, -0.05) is 25.1 Å². The molecular formula is C18H26N2O2. The number of nitrogens with zero attached hydrogens (tertiary/aromatic N) is 1. The number of rotatable bonds is 3. The maximum Gasteiger partial charge on any atom is 0.253 e. The Bertz CT molecular complexity index is 493. The van der Waals surface area contributed by atoms with E-state index in [0.717, 1.165) is 57.5 Å². The zero-order chi connectivity index (χ0) is 15.4. The molecule has 0 unspecified atom stereocenters. The first-order chi connectivity index (χ1) is 10.7. The molecule has 4 heteroatoms. The third-order valence-electron chi connectivity index (χ3n) is 4.97. The molecule has 1 atom stereocenters. The van der Waals surface area contributed by atoms with E-state index in [1.54, 1.807) is 0 Å². The summed E-state index contributed by atoms with van der Waals surface area (Å²) in [6.07, 6.45) is 4.08. The smallest absolute Gasteiger partial charge is 0.253 e. The molecule has 1 aromatic rings. The van der Waals surface area contributed by atoms with Gasteiger partial charge in [0.1, 0.15) is 0 Å². The summed E-state index contributed by atoms with van der Waals surface area (Å²) in [7, 11) is 0. The summed E-state index contributed by atoms with van der Waals surface area (Å²) in [4.78, 5) is 14.5. The highest BCUT2D eigenvalue weighted by Crippen LogP contribution is 2.35. The Morgan fingerprint density at radius 1 is 1.32 bits per heavy atom. The van der Waals surface area contributed by atoms with E-state index in [9.17, 15) is 4.79 Å². The van der Waals surface area contributed by atoms with Gasteiger partial charge in [-0.2, -0.15) is 0 Å². The van der Waals surface area contributed by atoms with E-state index in [-0.39, 0.29) is 11.5 Å². The third-order valence-corrected chi connectivity index (χ3v) is 4.97. The molecule has 4 nitrogen and oxygen atoms in total. The molecule has 0 radical (unpaired) electrons. The van der Waals surface area contributed by atoms with Crippen molar-refractivity contribution in [2.45, 2.75) is 44.2 Å². The van der Waals surface area contributed by atoms with Crippen LogP contribution in [0.1, 0.15) is 43.0 Å². The lowest BCUT2D eigenvalue weighted by molar-refractivity contribution is -0.115. The van der Waals surface area contributed by atoms with Crippen LogP contribution in [0.4, 0.5) is 0 Å². The number of piperidine rings is 1. The Labute approximate surface area is 132 Å².